The zero-order valence-corrected chi connectivity index (χ0v) is 13.1. The molecular formula is C14H28N2O2S. The van der Waals surface area contributed by atoms with Gasteiger partial charge in [0.25, 0.3) is 0 Å². The van der Waals surface area contributed by atoms with Crippen molar-refractivity contribution < 1.29 is 8.42 Å². The molecular weight excluding hydrogens is 260 g/mol. The van der Waals surface area contributed by atoms with Gasteiger partial charge in [0.05, 0.1) is 6.26 Å². The van der Waals surface area contributed by atoms with Crippen molar-refractivity contribution in [1.82, 2.24) is 9.62 Å². The zero-order valence-electron chi connectivity index (χ0n) is 12.3. The highest BCUT2D eigenvalue weighted by Crippen LogP contribution is 2.34. The molecule has 2 rings (SSSR count). The molecule has 0 bridgehead atoms. The predicted octanol–water partition coefficient (Wildman–Crippen LogP) is 1.97. The summed E-state index contributed by atoms with van der Waals surface area (Å²) in [4.78, 5) is 0. The fourth-order valence-electron chi connectivity index (χ4n) is 3.88. The van der Waals surface area contributed by atoms with Crippen LogP contribution in [0.1, 0.15) is 51.9 Å². The SMILES string of the molecule is CCCC1(CC2CCCN(S(C)(=O)=O)C2)CCCN1. The quantitative estimate of drug-likeness (QED) is 0.841. The molecule has 2 fully saturated rings. The normalized spacial score (nSPS) is 33.7. The highest BCUT2D eigenvalue weighted by molar-refractivity contribution is 7.88. The fraction of sp³-hybridized carbons (Fsp3) is 1.00. The Bertz CT molecular complexity index is 388. The maximum Gasteiger partial charge on any atom is 0.211 e. The average Bonchev–Trinajstić information content (AvgIpc) is 2.77. The Morgan fingerprint density at radius 3 is 2.74 bits per heavy atom. The van der Waals surface area contributed by atoms with Crippen LogP contribution < -0.4 is 5.32 Å². The summed E-state index contributed by atoms with van der Waals surface area (Å²) in [7, 11) is -3.01. The van der Waals surface area contributed by atoms with Gasteiger partial charge in [0, 0.05) is 18.6 Å². The van der Waals surface area contributed by atoms with Gasteiger partial charge in [0.1, 0.15) is 0 Å². The molecule has 0 spiro atoms. The van der Waals surface area contributed by atoms with Gasteiger partial charge >= 0.3 is 0 Å². The van der Waals surface area contributed by atoms with Crippen molar-refractivity contribution in [3.05, 3.63) is 0 Å². The lowest BCUT2D eigenvalue weighted by atomic mass is 9.80. The molecule has 0 amide bonds. The lowest BCUT2D eigenvalue weighted by Crippen LogP contribution is -2.46. The van der Waals surface area contributed by atoms with Crippen LogP contribution >= 0.6 is 0 Å². The number of piperidine rings is 1. The van der Waals surface area contributed by atoms with Gasteiger partial charge in [0.15, 0.2) is 0 Å². The second-order valence-electron chi connectivity index (χ2n) is 6.39. The molecule has 0 aromatic carbocycles. The summed E-state index contributed by atoms with van der Waals surface area (Å²) < 4.78 is 25.0. The average molecular weight is 288 g/mol. The second-order valence-corrected chi connectivity index (χ2v) is 8.38. The number of nitrogens with zero attached hydrogens (tertiary/aromatic N) is 1. The van der Waals surface area contributed by atoms with Gasteiger partial charge in [0.2, 0.25) is 10.0 Å². The van der Waals surface area contributed by atoms with Crippen LogP contribution in [0.3, 0.4) is 0 Å². The summed E-state index contributed by atoms with van der Waals surface area (Å²) in [5.41, 5.74) is 0.292. The summed E-state index contributed by atoms with van der Waals surface area (Å²) in [6, 6.07) is 0. The first-order chi connectivity index (χ1) is 8.95. The third kappa shape index (κ3) is 3.92. The van der Waals surface area contributed by atoms with Crippen molar-refractivity contribution in [2.75, 3.05) is 25.9 Å². The summed E-state index contributed by atoms with van der Waals surface area (Å²) in [6.45, 7) is 4.81. The van der Waals surface area contributed by atoms with Crippen LogP contribution in [-0.4, -0.2) is 44.2 Å². The molecule has 4 nitrogen and oxygen atoms in total. The minimum Gasteiger partial charge on any atom is -0.311 e. The van der Waals surface area contributed by atoms with E-state index in [0.29, 0.717) is 18.0 Å². The lowest BCUT2D eigenvalue weighted by Gasteiger charge is -2.38. The maximum atomic E-state index is 11.7. The highest BCUT2D eigenvalue weighted by Gasteiger charge is 2.37. The summed E-state index contributed by atoms with van der Waals surface area (Å²) in [5.74, 6) is 0.528. The van der Waals surface area contributed by atoms with Crippen LogP contribution in [-0.2, 0) is 10.0 Å². The van der Waals surface area contributed by atoms with Gasteiger partial charge in [-0.1, -0.05) is 13.3 Å². The van der Waals surface area contributed by atoms with Gasteiger partial charge in [-0.15, -0.1) is 0 Å². The molecule has 2 heterocycles. The summed E-state index contributed by atoms with van der Waals surface area (Å²) in [6.07, 6.45) is 9.63. The monoisotopic (exact) mass is 288 g/mol. The number of rotatable bonds is 5. The Morgan fingerprint density at radius 2 is 2.16 bits per heavy atom. The molecule has 0 aliphatic carbocycles. The molecule has 112 valence electrons. The Morgan fingerprint density at radius 1 is 1.37 bits per heavy atom. The van der Waals surface area contributed by atoms with E-state index in [1.165, 1.54) is 38.4 Å². The fourth-order valence-corrected chi connectivity index (χ4v) is 4.83. The molecule has 5 heteroatoms. The molecule has 0 saturated carbocycles. The maximum absolute atomic E-state index is 11.7. The predicted molar refractivity (Wildman–Crippen MR) is 78.6 cm³/mol. The Balaban J connectivity index is 1.97. The Labute approximate surface area is 118 Å². The van der Waals surface area contributed by atoms with E-state index in [1.807, 2.05) is 0 Å². The topological polar surface area (TPSA) is 49.4 Å². The van der Waals surface area contributed by atoms with E-state index in [0.717, 1.165) is 25.9 Å². The Hall–Kier alpha value is -0.130. The van der Waals surface area contributed by atoms with E-state index in [1.54, 1.807) is 4.31 Å². The van der Waals surface area contributed by atoms with Crippen molar-refractivity contribution in [1.29, 1.82) is 0 Å². The van der Waals surface area contributed by atoms with Gasteiger partial charge < -0.3 is 5.32 Å². The second kappa shape index (κ2) is 6.10. The van der Waals surface area contributed by atoms with E-state index in [-0.39, 0.29) is 0 Å². The lowest BCUT2D eigenvalue weighted by molar-refractivity contribution is 0.194. The molecule has 2 unspecified atom stereocenters. The van der Waals surface area contributed by atoms with Crippen molar-refractivity contribution in [2.45, 2.75) is 57.4 Å². The molecule has 2 aliphatic rings. The summed E-state index contributed by atoms with van der Waals surface area (Å²) >= 11 is 0. The van der Waals surface area contributed by atoms with Crippen molar-refractivity contribution >= 4 is 10.0 Å². The standard InChI is InChI=1S/C14H28N2O2S/c1-3-7-14(8-5-9-15-14)11-13-6-4-10-16(12-13)19(2,17)18/h13,15H,3-12H2,1-2H3. The number of nitrogens with one attached hydrogen (secondary N) is 1. The first kappa shape index (κ1) is 15.3. The van der Waals surface area contributed by atoms with Crippen molar-refractivity contribution in [3.8, 4) is 0 Å². The number of hydrogen-bond donors (Lipinski definition) is 1. The Kier molecular flexibility index (Phi) is 4.90. The van der Waals surface area contributed by atoms with Crippen LogP contribution in [0, 0.1) is 5.92 Å². The van der Waals surface area contributed by atoms with Crippen molar-refractivity contribution in [3.63, 3.8) is 0 Å². The minimum absolute atomic E-state index is 0.292. The van der Waals surface area contributed by atoms with E-state index in [4.69, 9.17) is 0 Å². The molecule has 2 saturated heterocycles. The molecule has 0 radical (unpaired) electrons. The number of hydrogen-bond acceptors (Lipinski definition) is 3. The first-order valence-corrected chi connectivity index (χ1v) is 9.50. The van der Waals surface area contributed by atoms with Crippen LogP contribution in [0.5, 0.6) is 0 Å². The van der Waals surface area contributed by atoms with Gasteiger partial charge in [-0.3, -0.25) is 0 Å². The third-order valence-electron chi connectivity index (χ3n) is 4.69. The molecule has 2 aliphatic heterocycles. The van der Waals surface area contributed by atoms with E-state index in [2.05, 4.69) is 12.2 Å². The highest BCUT2D eigenvalue weighted by atomic mass is 32.2. The van der Waals surface area contributed by atoms with E-state index >= 15 is 0 Å². The van der Waals surface area contributed by atoms with Crippen LogP contribution in [0.25, 0.3) is 0 Å². The molecule has 1 N–H and O–H groups in total. The molecule has 0 aromatic heterocycles. The van der Waals surface area contributed by atoms with E-state index in [9.17, 15) is 8.42 Å². The minimum atomic E-state index is -3.01. The van der Waals surface area contributed by atoms with Gasteiger partial charge in [-0.25, -0.2) is 12.7 Å². The third-order valence-corrected chi connectivity index (χ3v) is 5.96. The molecule has 0 aromatic rings. The molecule has 2 atom stereocenters. The number of sulfonamides is 1. The van der Waals surface area contributed by atoms with Crippen LogP contribution in [0.2, 0.25) is 0 Å². The van der Waals surface area contributed by atoms with Gasteiger partial charge in [-0.2, -0.15) is 0 Å². The van der Waals surface area contributed by atoms with Crippen LogP contribution in [0.4, 0.5) is 0 Å². The van der Waals surface area contributed by atoms with Crippen LogP contribution in [0.15, 0.2) is 0 Å². The molecule has 19 heavy (non-hydrogen) atoms. The van der Waals surface area contributed by atoms with E-state index < -0.39 is 10.0 Å². The van der Waals surface area contributed by atoms with Crippen molar-refractivity contribution in [2.24, 2.45) is 5.92 Å². The zero-order chi connectivity index (χ0) is 13.9. The smallest absolute Gasteiger partial charge is 0.211 e. The largest absolute Gasteiger partial charge is 0.311 e. The van der Waals surface area contributed by atoms with Gasteiger partial charge in [-0.05, 0) is 51.0 Å². The first-order valence-electron chi connectivity index (χ1n) is 7.65. The summed E-state index contributed by atoms with van der Waals surface area (Å²) in [5, 5.41) is 3.70.